The summed E-state index contributed by atoms with van der Waals surface area (Å²) in [5, 5.41) is 3.73. The number of alkyl halides is 1. The summed E-state index contributed by atoms with van der Waals surface area (Å²) < 4.78 is 19.3. The Bertz CT molecular complexity index is 561. The lowest BCUT2D eigenvalue weighted by Gasteiger charge is -2.21. The molecular weight excluding hydrogens is 273 g/mol. The molecule has 0 saturated heterocycles. The molecule has 2 atom stereocenters. The summed E-state index contributed by atoms with van der Waals surface area (Å²) in [5.74, 6) is -0.451. The van der Waals surface area contributed by atoms with Gasteiger partial charge in [-0.25, -0.2) is 9.38 Å². The van der Waals surface area contributed by atoms with E-state index < -0.39 is 12.1 Å². The molecule has 0 spiro atoms. The second kappa shape index (κ2) is 6.28. The monoisotopic (exact) mass is 291 g/mol. The van der Waals surface area contributed by atoms with Crippen LogP contribution in [0.15, 0.2) is 21.7 Å². The number of rotatable bonds is 4. The molecule has 2 aliphatic rings. The summed E-state index contributed by atoms with van der Waals surface area (Å²) in [6.45, 7) is 0. The van der Waals surface area contributed by atoms with Gasteiger partial charge in [0.15, 0.2) is 12.0 Å². The first-order valence-corrected chi connectivity index (χ1v) is 7.46. The Morgan fingerprint density at radius 1 is 1.33 bits per heavy atom. The third kappa shape index (κ3) is 3.25. The van der Waals surface area contributed by atoms with E-state index in [9.17, 15) is 9.18 Å². The van der Waals surface area contributed by atoms with E-state index in [1.807, 2.05) is 0 Å². The number of hydrogen-bond acceptors (Lipinski definition) is 4. The summed E-state index contributed by atoms with van der Waals surface area (Å²) in [6.07, 6.45) is 9.61. The molecule has 6 heteroatoms. The molecule has 112 valence electrons. The standard InChI is InChI=1S/C15H18FN3O2/c16-12(9-10-5-2-1-3-6-10)15-18-13(19-21-15)11-7-4-8-17-14(11)20/h4,7-8,10-12H,1-3,5-6,9H2. The highest BCUT2D eigenvalue weighted by molar-refractivity contribution is 5.96. The van der Waals surface area contributed by atoms with Gasteiger partial charge in [0.05, 0.1) is 0 Å². The van der Waals surface area contributed by atoms with Crippen molar-refractivity contribution >= 4 is 12.1 Å². The quantitative estimate of drug-likeness (QED) is 0.853. The zero-order chi connectivity index (χ0) is 14.7. The van der Waals surface area contributed by atoms with Crippen molar-refractivity contribution in [3.05, 3.63) is 23.9 Å². The third-order valence-corrected chi connectivity index (χ3v) is 4.13. The maximum Gasteiger partial charge on any atom is 0.261 e. The predicted octanol–water partition coefficient (Wildman–Crippen LogP) is 3.30. The van der Waals surface area contributed by atoms with E-state index in [2.05, 4.69) is 15.1 Å². The van der Waals surface area contributed by atoms with Crippen molar-refractivity contribution in [3.63, 3.8) is 0 Å². The largest absolute Gasteiger partial charge is 0.336 e. The van der Waals surface area contributed by atoms with Crippen molar-refractivity contribution < 1.29 is 13.7 Å². The van der Waals surface area contributed by atoms with Gasteiger partial charge >= 0.3 is 0 Å². The number of amides is 1. The summed E-state index contributed by atoms with van der Waals surface area (Å²) in [6, 6.07) is 0. The van der Waals surface area contributed by atoms with Gasteiger partial charge in [-0.1, -0.05) is 43.3 Å². The molecule has 0 N–H and O–H groups in total. The fourth-order valence-corrected chi connectivity index (χ4v) is 2.95. The van der Waals surface area contributed by atoms with E-state index in [0.717, 1.165) is 12.8 Å². The molecule has 0 radical (unpaired) electrons. The van der Waals surface area contributed by atoms with Crippen LogP contribution in [0.4, 0.5) is 4.39 Å². The van der Waals surface area contributed by atoms with Gasteiger partial charge in [-0.3, -0.25) is 4.79 Å². The van der Waals surface area contributed by atoms with Crippen LogP contribution < -0.4 is 0 Å². The fourth-order valence-electron chi connectivity index (χ4n) is 2.95. The van der Waals surface area contributed by atoms with Crippen LogP contribution in [0.1, 0.15) is 62.3 Å². The van der Waals surface area contributed by atoms with Gasteiger partial charge in [-0.05, 0) is 18.4 Å². The molecule has 1 aromatic rings. The minimum Gasteiger partial charge on any atom is -0.336 e. The number of aliphatic imine (C=N–C) groups is 1. The fraction of sp³-hybridized carbons (Fsp3) is 0.600. The van der Waals surface area contributed by atoms with Crippen LogP contribution in [0.5, 0.6) is 0 Å². The summed E-state index contributed by atoms with van der Waals surface area (Å²) in [7, 11) is 0. The number of hydrogen-bond donors (Lipinski definition) is 0. The van der Waals surface area contributed by atoms with Crippen LogP contribution in [0.2, 0.25) is 0 Å². The molecule has 2 unspecified atom stereocenters. The van der Waals surface area contributed by atoms with Crippen molar-refractivity contribution in [3.8, 4) is 0 Å². The minimum absolute atomic E-state index is 0.0219. The highest BCUT2D eigenvalue weighted by atomic mass is 19.1. The Hall–Kier alpha value is -1.85. The normalized spacial score (nSPS) is 24.4. The second-order valence-corrected chi connectivity index (χ2v) is 5.68. The van der Waals surface area contributed by atoms with Gasteiger partial charge < -0.3 is 4.52 Å². The minimum atomic E-state index is -1.25. The molecule has 2 heterocycles. The van der Waals surface area contributed by atoms with E-state index in [-0.39, 0.29) is 17.6 Å². The molecule has 1 aromatic heterocycles. The van der Waals surface area contributed by atoms with Crippen molar-refractivity contribution in [2.24, 2.45) is 10.9 Å². The van der Waals surface area contributed by atoms with Crippen molar-refractivity contribution in [2.45, 2.75) is 50.6 Å². The maximum atomic E-state index is 14.3. The number of carbonyl (C=O) groups excluding carboxylic acids is 1. The number of allylic oxidation sites excluding steroid dienone is 1. The molecule has 1 saturated carbocycles. The Morgan fingerprint density at radius 3 is 2.90 bits per heavy atom. The SMILES string of the molecule is O=C1N=CC=CC1c1noc(C(F)CC2CCCCC2)n1. The van der Waals surface area contributed by atoms with Crippen LogP contribution in [0.25, 0.3) is 0 Å². The Morgan fingerprint density at radius 2 is 2.14 bits per heavy atom. The highest BCUT2D eigenvalue weighted by Gasteiger charge is 2.28. The van der Waals surface area contributed by atoms with Crippen molar-refractivity contribution in [1.29, 1.82) is 0 Å². The van der Waals surface area contributed by atoms with Gasteiger partial charge in [0.25, 0.3) is 11.8 Å². The molecule has 21 heavy (non-hydrogen) atoms. The molecule has 1 aliphatic heterocycles. The molecule has 1 fully saturated rings. The lowest BCUT2D eigenvalue weighted by atomic mass is 9.86. The molecule has 3 rings (SSSR count). The van der Waals surface area contributed by atoms with Gasteiger partial charge in [0, 0.05) is 6.21 Å². The van der Waals surface area contributed by atoms with E-state index >= 15 is 0 Å². The number of dihydropyridines is 1. The Balaban J connectivity index is 1.65. The van der Waals surface area contributed by atoms with Crippen LogP contribution in [-0.2, 0) is 4.79 Å². The maximum absolute atomic E-state index is 14.3. The topological polar surface area (TPSA) is 68.3 Å². The van der Waals surface area contributed by atoms with Crippen molar-refractivity contribution in [1.82, 2.24) is 10.1 Å². The molecule has 1 amide bonds. The first-order chi connectivity index (χ1) is 10.2. The molecule has 5 nitrogen and oxygen atoms in total. The lowest BCUT2D eigenvalue weighted by Crippen LogP contribution is -2.12. The van der Waals surface area contributed by atoms with Crippen molar-refractivity contribution in [2.75, 3.05) is 0 Å². The second-order valence-electron chi connectivity index (χ2n) is 5.68. The first-order valence-electron chi connectivity index (χ1n) is 7.46. The predicted molar refractivity (Wildman–Crippen MR) is 74.7 cm³/mol. The Kier molecular flexibility index (Phi) is 4.22. The summed E-state index contributed by atoms with van der Waals surface area (Å²) >= 11 is 0. The zero-order valence-electron chi connectivity index (χ0n) is 11.7. The number of carbonyl (C=O) groups is 1. The highest BCUT2D eigenvalue weighted by Crippen LogP contribution is 2.33. The Labute approximate surface area is 122 Å². The summed E-state index contributed by atoms with van der Waals surface area (Å²) in [4.78, 5) is 19.3. The zero-order valence-corrected chi connectivity index (χ0v) is 11.7. The van der Waals surface area contributed by atoms with Gasteiger partial charge in [0.2, 0.25) is 0 Å². The third-order valence-electron chi connectivity index (χ3n) is 4.13. The molecular formula is C15H18FN3O2. The van der Waals surface area contributed by atoms with Gasteiger partial charge in [0.1, 0.15) is 5.92 Å². The van der Waals surface area contributed by atoms with Crippen LogP contribution in [0.3, 0.4) is 0 Å². The smallest absolute Gasteiger partial charge is 0.261 e. The van der Waals surface area contributed by atoms with Crippen LogP contribution >= 0.6 is 0 Å². The number of aromatic nitrogens is 2. The molecule has 0 aromatic carbocycles. The number of nitrogens with zero attached hydrogens (tertiary/aromatic N) is 3. The first kappa shape index (κ1) is 14.1. The number of halogens is 1. The molecule has 0 bridgehead atoms. The van der Waals surface area contributed by atoms with Gasteiger partial charge in [-0.2, -0.15) is 4.98 Å². The van der Waals surface area contributed by atoms with Crippen LogP contribution in [-0.4, -0.2) is 22.3 Å². The van der Waals surface area contributed by atoms with E-state index in [0.29, 0.717) is 12.3 Å². The average Bonchev–Trinajstić information content (AvgIpc) is 2.98. The van der Waals surface area contributed by atoms with Gasteiger partial charge in [-0.15, -0.1) is 0 Å². The van der Waals surface area contributed by atoms with E-state index in [4.69, 9.17) is 4.52 Å². The van der Waals surface area contributed by atoms with E-state index in [1.54, 1.807) is 12.2 Å². The molecule has 1 aliphatic carbocycles. The lowest BCUT2D eigenvalue weighted by molar-refractivity contribution is -0.118. The van der Waals surface area contributed by atoms with Crippen LogP contribution in [0, 0.1) is 5.92 Å². The summed E-state index contributed by atoms with van der Waals surface area (Å²) in [5.41, 5.74) is 0. The average molecular weight is 291 g/mol. The van der Waals surface area contributed by atoms with E-state index in [1.165, 1.54) is 25.5 Å².